The number of hydrogen-bond acceptors (Lipinski definition) is 3. The van der Waals surface area contributed by atoms with Gasteiger partial charge in [-0.3, -0.25) is 4.79 Å². The van der Waals surface area contributed by atoms with Gasteiger partial charge in [0.15, 0.2) is 0 Å². The maximum absolute atomic E-state index is 12.9. The van der Waals surface area contributed by atoms with Gasteiger partial charge in [0, 0.05) is 0 Å². The maximum Gasteiger partial charge on any atom is 0.312 e. The summed E-state index contributed by atoms with van der Waals surface area (Å²) in [6, 6.07) is 23.7. The van der Waals surface area contributed by atoms with Crippen LogP contribution in [0.5, 0.6) is 11.5 Å². The summed E-state index contributed by atoms with van der Waals surface area (Å²) in [6.45, 7) is 0. The van der Waals surface area contributed by atoms with Crippen LogP contribution >= 0.6 is 0 Å². The van der Waals surface area contributed by atoms with E-state index in [-0.39, 0.29) is 18.4 Å². The first-order valence-electron chi connectivity index (χ1n) is 10.8. The summed E-state index contributed by atoms with van der Waals surface area (Å²) in [7, 11) is 0. The average molecular weight is 430 g/mol. The fourth-order valence-corrected chi connectivity index (χ4v) is 4.19. The van der Waals surface area contributed by atoms with Crippen LogP contribution in [0.25, 0.3) is 0 Å². The van der Waals surface area contributed by atoms with Gasteiger partial charge in [-0.25, -0.2) is 4.79 Å². The van der Waals surface area contributed by atoms with Crippen molar-refractivity contribution in [3.8, 4) is 11.5 Å². The molecule has 3 aromatic rings. The highest BCUT2D eigenvalue weighted by molar-refractivity contribution is 5.79. The fraction of sp³-hybridized carbons (Fsp3) is 0.231. The first-order valence-corrected chi connectivity index (χ1v) is 10.8. The number of rotatable bonds is 7. The van der Waals surface area contributed by atoms with E-state index in [1.54, 1.807) is 0 Å². The third kappa shape index (κ3) is 5.46. The minimum atomic E-state index is -0.680. The third-order valence-corrected chi connectivity index (χ3v) is 5.65. The van der Waals surface area contributed by atoms with E-state index in [1.165, 1.54) is 11.1 Å². The van der Waals surface area contributed by atoms with E-state index in [0.717, 1.165) is 24.8 Å². The monoisotopic (exact) mass is 429 g/mol. The van der Waals surface area contributed by atoms with Gasteiger partial charge < -0.3 is 21.1 Å². The number of fused-ring (bicyclic) bond motifs is 1. The highest BCUT2D eigenvalue weighted by atomic mass is 16.5. The van der Waals surface area contributed by atoms with Gasteiger partial charge in [-0.1, -0.05) is 54.6 Å². The normalized spacial score (nSPS) is 15.8. The zero-order chi connectivity index (χ0) is 22.3. The first kappa shape index (κ1) is 21.4. The Bertz CT molecular complexity index is 1080. The third-order valence-electron chi connectivity index (χ3n) is 5.65. The van der Waals surface area contributed by atoms with Gasteiger partial charge in [-0.2, -0.15) is 0 Å². The molecular weight excluding hydrogens is 402 g/mol. The Hall–Kier alpha value is -3.80. The smallest absolute Gasteiger partial charge is 0.312 e. The van der Waals surface area contributed by atoms with Crippen molar-refractivity contribution < 1.29 is 14.3 Å². The van der Waals surface area contributed by atoms with E-state index < -0.39 is 12.1 Å². The molecule has 0 radical (unpaired) electrons. The molecule has 0 aliphatic heterocycles. The number of primary amides is 1. The molecule has 0 saturated carbocycles. The van der Waals surface area contributed by atoms with Crippen LogP contribution in [0.4, 0.5) is 4.79 Å². The highest BCUT2D eigenvalue weighted by Gasteiger charge is 2.24. The SMILES string of the molecule is NC(=O)N[C@H](CC(=O)N[C@H]1CCCc2ccccc21)c1cccc(Oc2ccccc2)c1. The van der Waals surface area contributed by atoms with E-state index in [4.69, 9.17) is 10.5 Å². The summed E-state index contributed by atoms with van der Waals surface area (Å²) < 4.78 is 5.90. The number of amides is 3. The van der Waals surface area contributed by atoms with E-state index in [2.05, 4.69) is 22.8 Å². The van der Waals surface area contributed by atoms with Crippen LogP contribution < -0.4 is 21.1 Å². The molecule has 1 aliphatic carbocycles. The molecule has 6 nitrogen and oxygen atoms in total. The number of nitrogens with one attached hydrogen (secondary N) is 2. The number of ether oxygens (including phenoxy) is 1. The largest absolute Gasteiger partial charge is 0.457 e. The number of hydrogen-bond donors (Lipinski definition) is 3. The molecule has 2 atom stereocenters. The van der Waals surface area contributed by atoms with Gasteiger partial charge in [-0.15, -0.1) is 0 Å². The molecule has 6 heteroatoms. The van der Waals surface area contributed by atoms with Crippen LogP contribution in [-0.2, 0) is 11.2 Å². The summed E-state index contributed by atoms with van der Waals surface area (Å²) in [4.78, 5) is 24.6. The number of para-hydroxylation sites is 1. The lowest BCUT2D eigenvalue weighted by Crippen LogP contribution is -2.38. The van der Waals surface area contributed by atoms with Crippen molar-refractivity contribution in [2.24, 2.45) is 5.73 Å². The minimum absolute atomic E-state index is 0.0190. The molecule has 0 spiro atoms. The lowest BCUT2D eigenvalue weighted by Gasteiger charge is -2.27. The predicted octanol–water partition coefficient (Wildman–Crippen LogP) is 4.77. The van der Waals surface area contributed by atoms with Crippen molar-refractivity contribution in [3.63, 3.8) is 0 Å². The molecule has 1 aliphatic rings. The summed E-state index contributed by atoms with van der Waals surface area (Å²) in [6.07, 6.45) is 3.04. The van der Waals surface area contributed by atoms with Crippen molar-refractivity contribution >= 4 is 11.9 Å². The zero-order valence-corrected chi connectivity index (χ0v) is 17.8. The molecule has 0 aromatic heterocycles. The van der Waals surface area contributed by atoms with Gasteiger partial charge in [-0.05, 0) is 60.2 Å². The topological polar surface area (TPSA) is 93.5 Å². The number of aryl methyl sites for hydroxylation is 1. The van der Waals surface area contributed by atoms with Gasteiger partial charge in [0.25, 0.3) is 0 Å². The summed E-state index contributed by atoms with van der Waals surface area (Å²) >= 11 is 0. The summed E-state index contributed by atoms with van der Waals surface area (Å²) in [5.74, 6) is 1.18. The lowest BCUT2D eigenvalue weighted by atomic mass is 9.87. The van der Waals surface area contributed by atoms with Crippen LogP contribution in [0.15, 0.2) is 78.9 Å². The second kappa shape index (κ2) is 10.0. The fourth-order valence-electron chi connectivity index (χ4n) is 4.19. The molecule has 0 heterocycles. The quantitative estimate of drug-likeness (QED) is 0.505. The van der Waals surface area contributed by atoms with Crippen LogP contribution in [0.1, 0.15) is 48.0 Å². The Balaban J connectivity index is 1.48. The molecule has 3 amide bonds. The number of urea groups is 1. The molecule has 3 aromatic carbocycles. The molecule has 4 rings (SSSR count). The van der Waals surface area contributed by atoms with Gasteiger partial charge in [0.1, 0.15) is 11.5 Å². The van der Waals surface area contributed by atoms with E-state index in [9.17, 15) is 9.59 Å². The Kier molecular flexibility index (Phi) is 6.70. The summed E-state index contributed by atoms with van der Waals surface area (Å²) in [5.41, 5.74) is 8.60. The maximum atomic E-state index is 12.9. The van der Waals surface area contributed by atoms with Crippen LogP contribution in [0, 0.1) is 0 Å². The van der Waals surface area contributed by atoms with Gasteiger partial charge in [0.2, 0.25) is 5.91 Å². The number of carbonyl (C=O) groups is 2. The summed E-state index contributed by atoms with van der Waals surface area (Å²) in [5, 5.41) is 5.84. The van der Waals surface area contributed by atoms with Crippen molar-refractivity contribution in [1.82, 2.24) is 10.6 Å². The van der Waals surface area contributed by atoms with E-state index in [0.29, 0.717) is 11.5 Å². The molecule has 0 unspecified atom stereocenters. The van der Waals surface area contributed by atoms with Crippen LogP contribution in [-0.4, -0.2) is 11.9 Å². The molecule has 164 valence electrons. The Morgan fingerprint density at radius 3 is 2.53 bits per heavy atom. The molecule has 0 fully saturated rings. The molecular formula is C26H27N3O3. The lowest BCUT2D eigenvalue weighted by molar-refractivity contribution is -0.122. The molecule has 32 heavy (non-hydrogen) atoms. The van der Waals surface area contributed by atoms with Gasteiger partial charge in [0.05, 0.1) is 18.5 Å². The molecule has 4 N–H and O–H groups in total. The average Bonchev–Trinajstić information content (AvgIpc) is 2.79. The van der Waals surface area contributed by atoms with Crippen molar-refractivity contribution in [1.29, 1.82) is 0 Å². The van der Waals surface area contributed by atoms with Gasteiger partial charge >= 0.3 is 6.03 Å². The van der Waals surface area contributed by atoms with E-state index >= 15 is 0 Å². The second-order valence-electron chi connectivity index (χ2n) is 7.96. The minimum Gasteiger partial charge on any atom is -0.457 e. The van der Waals surface area contributed by atoms with E-state index in [1.807, 2.05) is 66.7 Å². The zero-order valence-electron chi connectivity index (χ0n) is 17.8. The van der Waals surface area contributed by atoms with Crippen LogP contribution in [0.3, 0.4) is 0 Å². The first-order chi connectivity index (χ1) is 15.6. The van der Waals surface area contributed by atoms with Crippen molar-refractivity contribution in [2.75, 3.05) is 0 Å². The van der Waals surface area contributed by atoms with Crippen molar-refractivity contribution in [2.45, 2.75) is 37.8 Å². The predicted molar refractivity (Wildman–Crippen MR) is 123 cm³/mol. The standard InChI is InChI=1S/C26H27N3O3/c27-26(31)29-24(19-10-6-13-21(16-19)32-20-11-2-1-3-12-20)17-25(30)28-23-15-7-9-18-8-4-5-14-22(18)23/h1-6,8,10-14,16,23-24H,7,9,15,17H2,(H,28,30)(H3,27,29,31)/t23-,24+/m0/s1. The number of carbonyl (C=O) groups excluding carboxylic acids is 2. The Morgan fingerprint density at radius 2 is 1.72 bits per heavy atom. The Labute approximate surface area is 187 Å². The number of nitrogens with two attached hydrogens (primary N) is 1. The molecule has 0 bridgehead atoms. The second-order valence-corrected chi connectivity index (χ2v) is 7.96. The highest BCUT2D eigenvalue weighted by Crippen LogP contribution is 2.30. The molecule has 0 saturated heterocycles. The van der Waals surface area contributed by atoms with Crippen molar-refractivity contribution in [3.05, 3.63) is 95.6 Å². The Morgan fingerprint density at radius 1 is 0.969 bits per heavy atom. The number of benzene rings is 3. The van der Waals surface area contributed by atoms with Crippen LogP contribution in [0.2, 0.25) is 0 Å².